The van der Waals surface area contributed by atoms with Gasteiger partial charge in [0.1, 0.15) is 12.1 Å². The summed E-state index contributed by atoms with van der Waals surface area (Å²) in [7, 11) is 0. The molecule has 2 saturated heterocycles. The molecule has 0 aromatic heterocycles. The van der Waals surface area contributed by atoms with Gasteiger partial charge in [0.05, 0.1) is 4.92 Å². The Morgan fingerprint density at radius 2 is 1.96 bits per heavy atom. The van der Waals surface area contributed by atoms with E-state index in [1.165, 1.54) is 31.2 Å². The zero-order chi connectivity index (χ0) is 19.8. The lowest BCUT2D eigenvalue weighted by Crippen LogP contribution is -2.48. The number of amides is 4. The number of hydrogen-bond acceptors (Lipinski definition) is 5. The molecule has 1 aromatic carbocycles. The molecule has 9 nitrogen and oxygen atoms in total. The monoisotopic (exact) mass is 374 g/mol. The maximum absolute atomic E-state index is 12.9. The van der Waals surface area contributed by atoms with Crippen LogP contribution in [0.4, 0.5) is 10.5 Å². The molecule has 2 aliphatic heterocycles. The first-order valence-corrected chi connectivity index (χ1v) is 8.92. The van der Waals surface area contributed by atoms with Crippen molar-refractivity contribution in [1.29, 1.82) is 0 Å². The first-order valence-electron chi connectivity index (χ1n) is 8.92. The van der Waals surface area contributed by atoms with E-state index in [9.17, 15) is 24.5 Å². The van der Waals surface area contributed by atoms with Crippen LogP contribution in [0.1, 0.15) is 38.7 Å². The van der Waals surface area contributed by atoms with E-state index in [1.54, 1.807) is 4.90 Å². The zero-order valence-electron chi connectivity index (χ0n) is 15.3. The van der Waals surface area contributed by atoms with E-state index in [4.69, 9.17) is 0 Å². The van der Waals surface area contributed by atoms with Gasteiger partial charge >= 0.3 is 6.03 Å². The molecular weight excluding hydrogens is 352 g/mol. The highest BCUT2D eigenvalue weighted by Gasteiger charge is 2.50. The molecule has 1 aromatic rings. The van der Waals surface area contributed by atoms with Gasteiger partial charge < -0.3 is 10.2 Å². The molecule has 0 saturated carbocycles. The highest BCUT2D eigenvalue weighted by atomic mass is 16.6. The first-order chi connectivity index (χ1) is 12.7. The van der Waals surface area contributed by atoms with Crippen LogP contribution < -0.4 is 5.32 Å². The van der Waals surface area contributed by atoms with Crippen molar-refractivity contribution in [2.24, 2.45) is 0 Å². The maximum Gasteiger partial charge on any atom is 0.325 e. The molecule has 0 aliphatic carbocycles. The summed E-state index contributed by atoms with van der Waals surface area (Å²) in [5, 5.41) is 13.4. The Bertz CT molecular complexity index is 793. The Morgan fingerprint density at radius 3 is 2.56 bits per heavy atom. The summed E-state index contributed by atoms with van der Waals surface area (Å²) in [6, 6.07) is 4.89. The van der Waals surface area contributed by atoms with Crippen LogP contribution in [-0.4, -0.2) is 51.7 Å². The molecule has 2 atom stereocenters. The number of nitro groups is 1. The first kappa shape index (κ1) is 18.8. The van der Waals surface area contributed by atoms with E-state index in [0.29, 0.717) is 12.1 Å². The number of carbonyl (C=O) groups excluding carboxylic acids is 3. The van der Waals surface area contributed by atoms with E-state index in [0.717, 1.165) is 24.2 Å². The van der Waals surface area contributed by atoms with Gasteiger partial charge in [0, 0.05) is 24.7 Å². The Hall–Kier alpha value is -2.97. The van der Waals surface area contributed by atoms with Crippen LogP contribution in [-0.2, 0) is 15.1 Å². The average molecular weight is 374 g/mol. The Kier molecular flexibility index (Phi) is 4.86. The Labute approximate surface area is 156 Å². The largest absolute Gasteiger partial charge is 0.338 e. The van der Waals surface area contributed by atoms with Gasteiger partial charge in [0.25, 0.3) is 11.6 Å². The number of rotatable bonds is 4. The second-order valence-electron chi connectivity index (χ2n) is 7.18. The molecule has 4 amide bonds. The topological polar surface area (TPSA) is 113 Å². The molecule has 3 rings (SSSR count). The highest BCUT2D eigenvalue weighted by molar-refractivity contribution is 6.09. The summed E-state index contributed by atoms with van der Waals surface area (Å²) in [6.07, 6.45) is 2.88. The van der Waals surface area contributed by atoms with Crippen molar-refractivity contribution in [1.82, 2.24) is 15.1 Å². The standard InChI is InChI=1S/C18H22N4O5/c1-12-5-3-4-10-20(12)15(23)11-21-16(24)18(2,19-17(21)25)13-6-8-14(9-7-13)22(26)27/h6-9,12H,3-5,10-11H2,1-2H3,(H,19,25)/t12-,18+/m1/s1. The molecule has 2 fully saturated rings. The van der Waals surface area contributed by atoms with Crippen molar-refractivity contribution in [2.45, 2.75) is 44.7 Å². The third-order valence-electron chi connectivity index (χ3n) is 5.35. The molecule has 0 unspecified atom stereocenters. The number of likely N-dealkylation sites (tertiary alicyclic amines) is 1. The summed E-state index contributed by atoms with van der Waals surface area (Å²) >= 11 is 0. The van der Waals surface area contributed by atoms with Gasteiger partial charge in [-0.1, -0.05) is 0 Å². The number of hydrogen-bond donors (Lipinski definition) is 1. The fourth-order valence-electron chi connectivity index (χ4n) is 3.65. The lowest BCUT2D eigenvalue weighted by molar-refractivity contribution is -0.384. The number of carbonyl (C=O) groups is 3. The van der Waals surface area contributed by atoms with Crippen LogP contribution in [0, 0.1) is 10.1 Å². The quantitative estimate of drug-likeness (QED) is 0.490. The van der Waals surface area contributed by atoms with Crippen molar-refractivity contribution in [3.05, 3.63) is 39.9 Å². The minimum Gasteiger partial charge on any atom is -0.338 e. The normalized spacial score (nSPS) is 25.5. The smallest absolute Gasteiger partial charge is 0.325 e. The van der Waals surface area contributed by atoms with E-state index >= 15 is 0 Å². The number of piperidine rings is 1. The van der Waals surface area contributed by atoms with Crippen LogP contribution >= 0.6 is 0 Å². The molecule has 144 valence electrons. The summed E-state index contributed by atoms with van der Waals surface area (Å²) in [6.45, 7) is 3.81. The summed E-state index contributed by atoms with van der Waals surface area (Å²) in [5.41, 5.74) is -1.04. The van der Waals surface area contributed by atoms with Gasteiger partial charge in [-0.05, 0) is 50.8 Å². The second-order valence-corrected chi connectivity index (χ2v) is 7.18. The fraction of sp³-hybridized carbons (Fsp3) is 0.500. The lowest BCUT2D eigenvalue weighted by Gasteiger charge is -2.34. The minimum atomic E-state index is -1.36. The number of urea groups is 1. The summed E-state index contributed by atoms with van der Waals surface area (Å²) in [4.78, 5) is 50.8. The molecule has 2 aliphatic rings. The minimum absolute atomic E-state index is 0.0908. The summed E-state index contributed by atoms with van der Waals surface area (Å²) in [5.74, 6) is -0.794. The van der Waals surface area contributed by atoms with Crippen molar-refractivity contribution in [2.75, 3.05) is 13.1 Å². The molecule has 2 heterocycles. The number of non-ortho nitro benzene ring substituents is 1. The van der Waals surface area contributed by atoms with Crippen LogP contribution in [0.3, 0.4) is 0 Å². The van der Waals surface area contributed by atoms with Gasteiger partial charge in [-0.25, -0.2) is 4.79 Å². The number of nitrogens with one attached hydrogen (secondary N) is 1. The van der Waals surface area contributed by atoms with Crippen molar-refractivity contribution in [3.8, 4) is 0 Å². The van der Waals surface area contributed by atoms with E-state index in [2.05, 4.69) is 5.32 Å². The van der Waals surface area contributed by atoms with Gasteiger partial charge in [-0.15, -0.1) is 0 Å². The molecule has 27 heavy (non-hydrogen) atoms. The predicted molar refractivity (Wildman–Crippen MR) is 95.7 cm³/mol. The predicted octanol–water partition coefficient (Wildman–Crippen LogP) is 1.76. The van der Waals surface area contributed by atoms with Gasteiger partial charge in [-0.2, -0.15) is 0 Å². The summed E-state index contributed by atoms with van der Waals surface area (Å²) < 4.78 is 0. The van der Waals surface area contributed by atoms with E-state index in [-0.39, 0.29) is 24.2 Å². The molecule has 0 radical (unpaired) electrons. The molecular formula is C18H22N4O5. The average Bonchev–Trinajstić information content (AvgIpc) is 2.86. The Morgan fingerprint density at radius 1 is 1.30 bits per heavy atom. The van der Waals surface area contributed by atoms with Crippen molar-refractivity contribution >= 4 is 23.5 Å². The number of nitro benzene ring substituents is 1. The zero-order valence-corrected chi connectivity index (χ0v) is 15.3. The van der Waals surface area contributed by atoms with Crippen LogP contribution in [0.5, 0.6) is 0 Å². The molecule has 1 N–H and O–H groups in total. The van der Waals surface area contributed by atoms with Gasteiger partial charge in [-0.3, -0.25) is 24.6 Å². The van der Waals surface area contributed by atoms with Crippen LogP contribution in [0.15, 0.2) is 24.3 Å². The van der Waals surface area contributed by atoms with Gasteiger partial charge in [0.2, 0.25) is 5.91 Å². The van der Waals surface area contributed by atoms with Crippen LogP contribution in [0.25, 0.3) is 0 Å². The van der Waals surface area contributed by atoms with Gasteiger partial charge in [0.15, 0.2) is 0 Å². The van der Waals surface area contributed by atoms with E-state index < -0.39 is 22.4 Å². The molecule has 0 bridgehead atoms. The maximum atomic E-state index is 12.9. The number of benzene rings is 1. The third-order valence-corrected chi connectivity index (χ3v) is 5.35. The molecule has 0 spiro atoms. The second kappa shape index (κ2) is 6.98. The Balaban J connectivity index is 1.77. The number of nitrogens with zero attached hydrogens (tertiary/aromatic N) is 3. The highest BCUT2D eigenvalue weighted by Crippen LogP contribution is 2.30. The van der Waals surface area contributed by atoms with Crippen molar-refractivity contribution in [3.63, 3.8) is 0 Å². The molecule has 9 heteroatoms. The SMILES string of the molecule is C[C@@H]1CCCCN1C(=O)CN1C(=O)N[C@@](C)(c2ccc([N+](=O)[O-])cc2)C1=O. The third kappa shape index (κ3) is 3.36. The fourth-order valence-corrected chi connectivity index (χ4v) is 3.65. The van der Waals surface area contributed by atoms with Crippen molar-refractivity contribution < 1.29 is 19.3 Å². The van der Waals surface area contributed by atoms with Crippen LogP contribution in [0.2, 0.25) is 0 Å². The lowest BCUT2D eigenvalue weighted by atomic mass is 9.92. The number of imide groups is 1. The van der Waals surface area contributed by atoms with E-state index in [1.807, 2.05) is 6.92 Å².